The number of hydrogen-bond acceptors (Lipinski definition) is 5. The van der Waals surface area contributed by atoms with Gasteiger partial charge in [-0.15, -0.1) is 0 Å². The molecule has 144 valence electrons. The number of methoxy groups -OCH3 is 1. The van der Waals surface area contributed by atoms with Crippen LogP contribution in [0.4, 0.5) is 10.5 Å². The van der Waals surface area contributed by atoms with Gasteiger partial charge in [0.25, 0.3) is 11.8 Å². The van der Waals surface area contributed by atoms with Crippen LogP contribution in [-0.4, -0.2) is 31.6 Å². The molecule has 1 heterocycles. The summed E-state index contributed by atoms with van der Waals surface area (Å²) in [5.74, 6) is -0.380. The number of aryl methyl sites for hydroxylation is 1. The highest BCUT2D eigenvalue weighted by atomic mass is 16.5. The van der Waals surface area contributed by atoms with Gasteiger partial charge >= 0.3 is 6.03 Å². The zero-order valence-corrected chi connectivity index (χ0v) is 15.8. The van der Waals surface area contributed by atoms with E-state index in [4.69, 9.17) is 9.47 Å². The number of urea groups is 1. The summed E-state index contributed by atoms with van der Waals surface area (Å²) in [6.45, 7) is 4.03. The van der Waals surface area contributed by atoms with Crippen LogP contribution < -0.4 is 19.7 Å². The molecule has 28 heavy (non-hydrogen) atoms. The fourth-order valence-electron chi connectivity index (χ4n) is 2.95. The van der Waals surface area contributed by atoms with Crippen LogP contribution >= 0.6 is 0 Å². The Hall–Kier alpha value is -3.61. The van der Waals surface area contributed by atoms with Crippen LogP contribution in [-0.2, 0) is 9.59 Å². The molecule has 1 fully saturated rings. The van der Waals surface area contributed by atoms with Crippen molar-refractivity contribution in [3.8, 4) is 11.5 Å². The van der Waals surface area contributed by atoms with E-state index < -0.39 is 17.8 Å². The van der Waals surface area contributed by atoms with Gasteiger partial charge in [0, 0.05) is 0 Å². The lowest BCUT2D eigenvalue weighted by molar-refractivity contribution is -0.122. The maximum absolute atomic E-state index is 13.0. The first-order chi connectivity index (χ1) is 13.5. The molecule has 2 aromatic rings. The third-order valence-electron chi connectivity index (χ3n) is 4.24. The molecule has 3 rings (SSSR count). The van der Waals surface area contributed by atoms with E-state index >= 15 is 0 Å². The number of hydrogen-bond donors (Lipinski definition) is 1. The molecule has 0 saturated carbocycles. The van der Waals surface area contributed by atoms with Gasteiger partial charge in [-0.05, 0) is 55.3 Å². The molecule has 7 heteroatoms. The molecule has 1 saturated heterocycles. The molecule has 1 N–H and O–H groups in total. The lowest BCUT2D eigenvalue weighted by atomic mass is 10.0. The average molecular weight is 380 g/mol. The standard InChI is InChI=1S/C21H20N2O5/c1-4-28-18-8-6-5-7-16(18)23-20(25)15(19(24)22-21(23)26)12-14-9-10-17(27-3)13(2)11-14/h5-12H,4H2,1-3H3,(H,22,24,26)/b15-12+. The van der Waals surface area contributed by atoms with E-state index in [2.05, 4.69) is 5.32 Å². The molecule has 1 aliphatic heterocycles. The van der Waals surface area contributed by atoms with Crippen LogP contribution in [0, 0.1) is 6.92 Å². The fourth-order valence-corrected chi connectivity index (χ4v) is 2.95. The highest BCUT2D eigenvalue weighted by molar-refractivity contribution is 6.39. The monoisotopic (exact) mass is 380 g/mol. The Bertz CT molecular complexity index is 981. The van der Waals surface area contributed by atoms with Crippen molar-refractivity contribution >= 4 is 29.6 Å². The predicted molar refractivity (Wildman–Crippen MR) is 104 cm³/mol. The van der Waals surface area contributed by atoms with Gasteiger partial charge in [0.05, 0.1) is 19.4 Å². The minimum Gasteiger partial charge on any atom is -0.496 e. The van der Waals surface area contributed by atoms with Crippen LogP contribution in [0.1, 0.15) is 18.1 Å². The molecular formula is C21H20N2O5. The number of carbonyl (C=O) groups is 3. The number of carbonyl (C=O) groups excluding carboxylic acids is 3. The zero-order chi connectivity index (χ0) is 20.3. The smallest absolute Gasteiger partial charge is 0.336 e. The summed E-state index contributed by atoms with van der Waals surface area (Å²) in [6, 6.07) is 11.1. The summed E-state index contributed by atoms with van der Waals surface area (Å²) in [7, 11) is 1.57. The summed E-state index contributed by atoms with van der Waals surface area (Å²) in [4.78, 5) is 38.6. The van der Waals surface area contributed by atoms with Crippen LogP contribution in [0.15, 0.2) is 48.0 Å². The maximum atomic E-state index is 13.0. The van der Waals surface area contributed by atoms with E-state index in [9.17, 15) is 14.4 Å². The minimum atomic E-state index is -0.815. The lowest BCUT2D eigenvalue weighted by Crippen LogP contribution is -2.54. The van der Waals surface area contributed by atoms with Crippen molar-refractivity contribution < 1.29 is 23.9 Å². The van der Waals surface area contributed by atoms with E-state index in [1.807, 2.05) is 6.92 Å². The van der Waals surface area contributed by atoms with E-state index in [-0.39, 0.29) is 11.3 Å². The molecule has 1 aliphatic rings. The molecular weight excluding hydrogens is 360 g/mol. The number of nitrogens with one attached hydrogen (secondary N) is 1. The van der Waals surface area contributed by atoms with Crippen LogP contribution in [0.2, 0.25) is 0 Å². The zero-order valence-electron chi connectivity index (χ0n) is 15.8. The average Bonchev–Trinajstić information content (AvgIpc) is 2.66. The van der Waals surface area contributed by atoms with Crippen molar-refractivity contribution in [1.82, 2.24) is 5.32 Å². The van der Waals surface area contributed by atoms with Crippen molar-refractivity contribution in [2.24, 2.45) is 0 Å². The minimum absolute atomic E-state index is 0.143. The number of rotatable bonds is 5. The molecule has 2 aromatic carbocycles. The Morgan fingerprint density at radius 2 is 1.82 bits per heavy atom. The summed E-state index contributed by atoms with van der Waals surface area (Å²) < 4.78 is 10.7. The Balaban J connectivity index is 2.02. The summed E-state index contributed by atoms with van der Waals surface area (Å²) in [5.41, 5.74) is 1.63. The number of ether oxygens (including phenoxy) is 2. The fraction of sp³-hybridized carbons (Fsp3) is 0.190. The second-order valence-corrected chi connectivity index (χ2v) is 6.09. The molecule has 0 bridgehead atoms. The first-order valence-corrected chi connectivity index (χ1v) is 8.74. The predicted octanol–water partition coefficient (Wildman–Crippen LogP) is 3.07. The lowest BCUT2D eigenvalue weighted by Gasteiger charge is -2.27. The Morgan fingerprint density at radius 1 is 1.07 bits per heavy atom. The topological polar surface area (TPSA) is 84.9 Å². The summed E-state index contributed by atoms with van der Waals surface area (Å²) in [5, 5.41) is 2.21. The first-order valence-electron chi connectivity index (χ1n) is 8.74. The van der Waals surface area contributed by atoms with Crippen molar-refractivity contribution in [3.05, 3.63) is 59.2 Å². The van der Waals surface area contributed by atoms with Crippen LogP contribution in [0.5, 0.6) is 11.5 Å². The maximum Gasteiger partial charge on any atom is 0.336 e. The number of nitrogens with zero attached hydrogens (tertiary/aromatic N) is 1. The van der Waals surface area contributed by atoms with Gasteiger partial charge in [0.2, 0.25) is 0 Å². The molecule has 7 nitrogen and oxygen atoms in total. The summed E-state index contributed by atoms with van der Waals surface area (Å²) in [6.07, 6.45) is 1.45. The molecule has 4 amide bonds. The summed E-state index contributed by atoms with van der Waals surface area (Å²) >= 11 is 0. The third kappa shape index (κ3) is 3.59. The second kappa shape index (κ2) is 7.96. The van der Waals surface area contributed by atoms with Gasteiger partial charge in [0.1, 0.15) is 17.1 Å². The van der Waals surface area contributed by atoms with Crippen LogP contribution in [0.25, 0.3) is 6.08 Å². The number of anilines is 1. The molecule has 0 radical (unpaired) electrons. The molecule has 0 aromatic heterocycles. The normalized spacial score (nSPS) is 15.6. The quantitative estimate of drug-likeness (QED) is 0.637. The molecule has 0 aliphatic carbocycles. The largest absolute Gasteiger partial charge is 0.496 e. The highest BCUT2D eigenvalue weighted by Gasteiger charge is 2.38. The van der Waals surface area contributed by atoms with Gasteiger partial charge in [-0.3, -0.25) is 14.9 Å². The number of amides is 4. The van der Waals surface area contributed by atoms with E-state index in [1.54, 1.807) is 56.5 Å². The van der Waals surface area contributed by atoms with Crippen molar-refractivity contribution in [3.63, 3.8) is 0 Å². The van der Waals surface area contributed by atoms with Gasteiger partial charge in [-0.1, -0.05) is 18.2 Å². The molecule has 0 atom stereocenters. The molecule has 0 unspecified atom stereocenters. The first kappa shape index (κ1) is 19.2. The Morgan fingerprint density at radius 3 is 2.50 bits per heavy atom. The Labute approximate surface area is 162 Å². The van der Waals surface area contributed by atoms with Gasteiger partial charge in [0.15, 0.2) is 0 Å². The van der Waals surface area contributed by atoms with Crippen molar-refractivity contribution in [2.75, 3.05) is 18.6 Å². The second-order valence-electron chi connectivity index (χ2n) is 6.09. The highest BCUT2D eigenvalue weighted by Crippen LogP contribution is 2.31. The number of para-hydroxylation sites is 2. The van der Waals surface area contributed by atoms with Crippen molar-refractivity contribution in [2.45, 2.75) is 13.8 Å². The van der Waals surface area contributed by atoms with E-state index in [0.717, 1.165) is 10.5 Å². The van der Waals surface area contributed by atoms with Gasteiger partial charge < -0.3 is 9.47 Å². The van der Waals surface area contributed by atoms with Crippen LogP contribution in [0.3, 0.4) is 0 Å². The third-order valence-corrected chi connectivity index (χ3v) is 4.24. The number of imide groups is 2. The number of barbiturate groups is 1. The van der Waals surface area contributed by atoms with E-state index in [1.165, 1.54) is 6.08 Å². The van der Waals surface area contributed by atoms with E-state index in [0.29, 0.717) is 23.7 Å². The number of benzene rings is 2. The van der Waals surface area contributed by atoms with Gasteiger partial charge in [-0.25, -0.2) is 9.69 Å². The van der Waals surface area contributed by atoms with Crippen molar-refractivity contribution in [1.29, 1.82) is 0 Å². The SMILES string of the molecule is CCOc1ccccc1N1C(=O)NC(=O)/C(=C\c2ccc(OC)c(C)c2)C1=O. The molecule has 0 spiro atoms. The van der Waals surface area contributed by atoms with Gasteiger partial charge in [-0.2, -0.15) is 0 Å². The Kier molecular flexibility index (Phi) is 5.44.